The molecule has 1 aromatic carbocycles. The lowest BCUT2D eigenvalue weighted by Gasteiger charge is -2.33. The molecule has 2 amide bonds. The summed E-state index contributed by atoms with van der Waals surface area (Å²) in [5, 5.41) is 3.01. The molecule has 24 heavy (non-hydrogen) atoms. The van der Waals surface area contributed by atoms with E-state index in [4.69, 9.17) is 5.73 Å². The van der Waals surface area contributed by atoms with Crippen LogP contribution < -0.4 is 11.1 Å². The van der Waals surface area contributed by atoms with Crippen LogP contribution in [0, 0.1) is 12.8 Å². The van der Waals surface area contributed by atoms with Gasteiger partial charge in [0.05, 0.1) is 5.54 Å². The van der Waals surface area contributed by atoms with E-state index in [1.807, 2.05) is 36.1 Å². The van der Waals surface area contributed by atoms with Gasteiger partial charge in [0.15, 0.2) is 0 Å². The zero-order chi connectivity index (χ0) is 16.4. The third-order valence-electron chi connectivity index (χ3n) is 4.95. The fraction of sp³-hybridized carbons (Fsp3) is 0.556. The van der Waals surface area contributed by atoms with E-state index in [1.54, 1.807) is 0 Å². The van der Waals surface area contributed by atoms with Crippen LogP contribution in [-0.4, -0.2) is 35.3 Å². The molecule has 3 rings (SSSR count). The molecule has 1 heterocycles. The summed E-state index contributed by atoms with van der Waals surface area (Å²) in [4.78, 5) is 26.3. The fourth-order valence-electron chi connectivity index (χ4n) is 3.05. The number of aryl methyl sites for hydroxylation is 1. The number of carbonyl (C=O) groups excluding carboxylic acids is 2. The third-order valence-corrected chi connectivity index (χ3v) is 4.95. The zero-order valence-corrected chi connectivity index (χ0v) is 14.9. The normalized spacial score (nSPS) is 19.3. The van der Waals surface area contributed by atoms with Gasteiger partial charge >= 0.3 is 0 Å². The Balaban J connectivity index is 0.00000208. The van der Waals surface area contributed by atoms with Crippen molar-refractivity contribution in [3.05, 3.63) is 35.4 Å². The summed E-state index contributed by atoms with van der Waals surface area (Å²) in [6.07, 6.45) is 3.04. The van der Waals surface area contributed by atoms with Gasteiger partial charge in [0, 0.05) is 25.6 Å². The molecule has 1 saturated heterocycles. The number of nitrogens with one attached hydrogen (secondary N) is 1. The molecule has 2 fully saturated rings. The van der Waals surface area contributed by atoms with Gasteiger partial charge in [0.2, 0.25) is 11.8 Å². The van der Waals surface area contributed by atoms with Gasteiger partial charge in [-0.15, -0.1) is 12.4 Å². The maximum atomic E-state index is 12.3. The van der Waals surface area contributed by atoms with E-state index in [1.165, 1.54) is 5.56 Å². The van der Waals surface area contributed by atoms with Crippen LogP contribution in [0.25, 0.3) is 0 Å². The monoisotopic (exact) mass is 351 g/mol. The first-order chi connectivity index (χ1) is 11.0. The highest BCUT2D eigenvalue weighted by molar-refractivity contribution is 5.89. The van der Waals surface area contributed by atoms with Gasteiger partial charge in [-0.2, -0.15) is 0 Å². The minimum Gasteiger partial charge on any atom is -0.352 e. The molecule has 5 nitrogen and oxygen atoms in total. The number of piperidine rings is 1. The van der Waals surface area contributed by atoms with Crippen molar-refractivity contribution in [3.8, 4) is 0 Å². The van der Waals surface area contributed by atoms with Crippen molar-refractivity contribution in [1.29, 1.82) is 0 Å². The Bertz CT molecular complexity index is 591. The summed E-state index contributed by atoms with van der Waals surface area (Å²) in [6, 6.07) is 8.17. The Labute approximate surface area is 149 Å². The summed E-state index contributed by atoms with van der Waals surface area (Å²) in [5.74, 6) is 0.153. The second kappa shape index (κ2) is 7.53. The minimum absolute atomic E-state index is 0. The SMILES string of the molecule is Cc1ccc(CNC(=O)C2CCN(C(=O)C3(N)CC3)CC2)cc1.Cl. The van der Waals surface area contributed by atoms with Crippen LogP contribution in [0.1, 0.15) is 36.8 Å². The van der Waals surface area contributed by atoms with Crippen LogP contribution in [0.5, 0.6) is 0 Å². The van der Waals surface area contributed by atoms with Gasteiger partial charge in [-0.05, 0) is 38.2 Å². The standard InChI is InChI=1S/C18H25N3O2.ClH/c1-13-2-4-14(5-3-13)12-20-16(22)15-6-10-21(11-7-15)17(23)18(19)8-9-18;/h2-5,15H,6-12,19H2,1H3,(H,20,22);1H. The molecule has 3 N–H and O–H groups in total. The Morgan fingerprint density at radius 1 is 1.21 bits per heavy atom. The molecule has 0 aromatic heterocycles. The lowest BCUT2D eigenvalue weighted by Crippen LogP contribution is -2.50. The number of benzene rings is 1. The Morgan fingerprint density at radius 2 is 1.79 bits per heavy atom. The maximum absolute atomic E-state index is 12.3. The van der Waals surface area contributed by atoms with Crippen LogP contribution in [0.4, 0.5) is 0 Å². The number of amides is 2. The minimum atomic E-state index is -0.597. The van der Waals surface area contributed by atoms with Crippen molar-refractivity contribution in [2.45, 2.75) is 44.7 Å². The van der Waals surface area contributed by atoms with E-state index in [-0.39, 0.29) is 30.1 Å². The quantitative estimate of drug-likeness (QED) is 0.868. The van der Waals surface area contributed by atoms with Gasteiger partial charge < -0.3 is 16.0 Å². The van der Waals surface area contributed by atoms with Crippen molar-refractivity contribution < 1.29 is 9.59 Å². The van der Waals surface area contributed by atoms with E-state index in [0.29, 0.717) is 19.6 Å². The predicted molar refractivity (Wildman–Crippen MR) is 95.7 cm³/mol. The van der Waals surface area contributed by atoms with E-state index in [0.717, 1.165) is 31.2 Å². The van der Waals surface area contributed by atoms with Gasteiger partial charge in [-0.1, -0.05) is 29.8 Å². The van der Waals surface area contributed by atoms with E-state index in [2.05, 4.69) is 5.32 Å². The fourth-order valence-corrected chi connectivity index (χ4v) is 3.05. The second-order valence-corrected chi connectivity index (χ2v) is 6.93. The van der Waals surface area contributed by atoms with E-state index in [9.17, 15) is 9.59 Å². The van der Waals surface area contributed by atoms with Crippen LogP contribution in [0.3, 0.4) is 0 Å². The lowest BCUT2D eigenvalue weighted by atomic mass is 9.95. The number of hydrogen-bond acceptors (Lipinski definition) is 3. The van der Waals surface area contributed by atoms with Gasteiger partial charge in [0.25, 0.3) is 0 Å². The summed E-state index contributed by atoms with van der Waals surface area (Å²) in [6.45, 7) is 3.88. The van der Waals surface area contributed by atoms with Gasteiger partial charge in [0.1, 0.15) is 0 Å². The number of carbonyl (C=O) groups is 2. The first kappa shape index (κ1) is 18.7. The Morgan fingerprint density at radius 3 is 2.33 bits per heavy atom. The highest BCUT2D eigenvalue weighted by Crippen LogP contribution is 2.35. The zero-order valence-electron chi connectivity index (χ0n) is 14.1. The highest BCUT2D eigenvalue weighted by atomic mass is 35.5. The van der Waals surface area contributed by atoms with Crippen LogP contribution in [0.2, 0.25) is 0 Å². The van der Waals surface area contributed by atoms with Crippen LogP contribution >= 0.6 is 12.4 Å². The van der Waals surface area contributed by atoms with Crippen LogP contribution in [0.15, 0.2) is 24.3 Å². The molecule has 1 saturated carbocycles. The van der Waals surface area contributed by atoms with Crippen molar-refractivity contribution in [2.24, 2.45) is 11.7 Å². The number of hydrogen-bond donors (Lipinski definition) is 2. The largest absolute Gasteiger partial charge is 0.352 e. The molecule has 0 atom stereocenters. The first-order valence-electron chi connectivity index (χ1n) is 8.39. The number of likely N-dealkylation sites (tertiary alicyclic amines) is 1. The summed E-state index contributed by atoms with van der Waals surface area (Å²) < 4.78 is 0. The summed E-state index contributed by atoms with van der Waals surface area (Å²) in [7, 11) is 0. The maximum Gasteiger partial charge on any atom is 0.242 e. The molecule has 0 radical (unpaired) electrons. The molecule has 132 valence electrons. The molecule has 0 unspecified atom stereocenters. The average Bonchev–Trinajstić information content (AvgIpc) is 3.32. The van der Waals surface area contributed by atoms with Gasteiger partial charge in [-0.25, -0.2) is 0 Å². The molecule has 1 aliphatic heterocycles. The van der Waals surface area contributed by atoms with Crippen molar-refractivity contribution in [2.75, 3.05) is 13.1 Å². The molecule has 0 bridgehead atoms. The van der Waals surface area contributed by atoms with E-state index >= 15 is 0 Å². The second-order valence-electron chi connectivity index (χ2n) is 6.93. The molecule has 0 spiro atoms. The molecule has 6 heteroatoms. The number of rotatable bonds is 4. The molecule has 2 aliphatic rings. The predicted octanol–water partition coefficient (Wildman–Crippen LogP) is 1.76. The summed E-state index contributed by atoms with van der Waals surface area (Å²) in [5.41, 5.74) is 7.69. The molecule has 1 aliphatic carbocycles. The summed E-state index contributed by atoms with van der Waals surface area (Å²) >= 11 is 0. The van der Waals surface area contributed by atoms with Gasteiger partial charge in [-0.3, -0.25) is 9.59 Å². The number of nitrogens with two attached hydrogens (primary N) is 1. The van der Waals surface area contributed by atoms with Crippen molar-refractivity contribution in [1.82, 2.24) is 10.2 Å². The number of halogens is 1. The average molecular weight is 352 g/mol. The first-order valence-corrected chi connectivity index (χ1v) is 8.39. The molecular weight excluding hydrogens is 326 g/mol. The topological polar surface area (TPSA) is 75.4 Å². The van der Waals surface area contributed by atoms with Crippen molar-refractivity contribution in [3.63, 3.8) is 0 Å². The smallest absolute Gasteiger partial charge is 0.242 e. The Kier molecular flexibility index (Phi) is 5.88. The Hall–Kier alpha value is -1.59. The third kappa shape index (κ3) is 4.28. The molecule has 1 aromatic rings. The highest BCUT2D eigenvalue weighted by Gasteiger charge is 2.48. The van der Waals surface area contributed by atoms with Crippen LogP contribution in [-0.2, 0) is 16.1 Å². The van der Waals surface area contributed by atoms with Crippen molar-refractivity contribution >= 4 is 24.2 Å². The lowest BCUT2D eigenvalue weighted by molar-refractivity contribution is -0.137. The van der Waals surface area contributed by atoms with E-state index < -0.39 is 5.54 Å². The molecular formula is C18H26ClN3O2. The number of nitrogens with zero attached hydrogens (tertiary/aromatic N) is 1.